The molecule has 2 rings (SSSR count). The van der Waals surface area contributed by atoms with Crippen LogP contribution in [0.25, 0.3) is 0 Å². The Morgan fingerprint density at radius 3 is 3.00 bits per heavy atom. The fraction of sp³-hybridized carbons (Fsp3) is 0.455. The van der Waals surface area contributed by atoms with E-state index in [-0.39, 0.29) is 11.8 Å². The van der Waals surface area contributed by atoms with E-state index in [0.717, 1.165) is 31.6 Å². The number of phenols is 1. The van der Waals surface area contributed by atoms with Gasteiger partial charge in [0.1, 0.15) is 5.75 Å². The molecule has 1 aliphatic heterocycles. The third-order valence-electron chi connectivity index (χ3n) is 2.74. The minimum absolute atomic E-state index is 0.192. The zero-order valence-electron chi connectivity index (χ0n) is 8.49. The lowest BCUT2D eigenvalue weighted by Crippen LogP contribution is -2.42. The molecule has 0 bridgehead atoms. The monoisotopic (exact) mass is 226 g/mol. The van der Waals surface area contributed by atoms with Crippen molar-refractivity contribution in [2.45, 2.75) is 18.9 Å². The zero-order valence-corrected chi connectivity index (χ0v) is 9.24. The summed E-state index contributed by atoms with van der Waals surface area (Å²) in [4.78, 5) is 2.09. The number of anilines is 1. The van der Waals surface area contributed by atoms with Crippen molar-refractivity contribution in [3.05, 3.63) is 23.2 Å². The first-order valence-electron chi connectivity index (χ1n) is 5.16. The number of halogens is 1. The van der Waals surface area contributed by atoms with Crippen molar-refractivity contribution >= 4 is 17.3 Å². The van der Waals surface area contributed by atoms with E-state index in [4.69, 9.17) is 17.3 Å². The predicted octanol–water partition coefficient (Wildman–Crippen LogP) is 1.97. The van der Waals surface area contributed by atoms with Gasteiger partial charge in [0.05, 0.1) is 5.69 Å². The van der Waals surface area contributed by atoms with E-state index in [1.807, 2.05) is 0 Å². The molecule has 0 aromatic heterocycles. The minimum Gasteiger partial charge on any atom is -0.506 e. The summed E-state index contributed by atoms with van der Waals surface area (Å²) in [6, 6.07) is 5.29. The summed E-state index contributed by atoms with van der Waals surface area (Å²) in [5, 5.41) is 10.4. The van der Waals surface area contributed by atoms with Gasteiger partial charge in [0.15, 0.2) is 0 Å². The van der Waals surface area contributed by atoms with Crippen molar-refractivity contribution in [1.82, 2.24) is 0 Å². The van der Waals surface area contributed by atoms with Crippen LogP contribution in [0.3, 0.4) is 0 Å². The summed E-state index contributed by atoms with van der Waals surface area (Å²) in [5.74, 6) is 0.272. The summed E-state index contributed by atoms with van der Waals surface area (Å²) in [5.41, 5.74) is 6.68. The molecule has 0 amide bonds. The van der Waals surface area contributed by atoms with Gasteiger partial charge in [0.2, 0.25) is 0 Å². The first-order chi connectivity index (χ1) is 7.16. The predicted molar refractivity (Wildman–Crippen MR) is 62.5 cm³/mol. The van der Waals surface area contributed by atoms with Crippen LogP contribution in [0.5, 0.6) is 5.75 Å². The third-order valence-corrected chi connectivity index (χ3v) is 2.97. The molecular formula is C11H15ClN2O. The van der Waals surface area contributed by atoms with Gasteiger partial charge in [-0.25, -0.2) is 0 Å². The molecule has 1 aromatic rings. The second-order valence-electron chi connectivity index (χ2n) is 3.98. The highest BCUT2D eigenvalue weighted by Gasteiger charge is 2.19. The molecule has 3 nitrogen and oxygen atoms in total. The second kappa shape index (κ2) is 4.29. The van der Waals surface area contributed by atoms with E-state index in [9.17, 15) is 5.11 Å². The molecule has 1 fully saturated rings. The van der Waals surface area contributed by atoms with E-state index in [0.29, 0.717) is 5.02 Å². The van der Waals surface area contributed by atoms with E-state index < -0.39 is 0 Å². The molecule has 0 aliphatic carbocycles. The molecule has 15 heavy (non-hydrogen) atoms. The van der Waals surface area contributed by atoms with Gasteiger partial charge in [-0.3, -0.25) is 0 Å². The number of nitrogens with two attached hydrogens (primary N) is 1. The van der Waals surface area contributed by atoms with Gasteiger partial charge in [0.25, 0.3) is 0 Å². The van der Waals surface area contributed by atoms with Gasteiger partial charge in [-0.15, -0.1) is 0 Å². The summed E-state index contributed by atoms with van der Waals surface area (Å²) >= 11 is 5.90. The Hall–Kier alpha value is -0.930. The van der Waals surface area contributed by atoms with Crippen LogP contribution in [-0.4, -0.2) is 24.2 Å². The Labute approximate surface area is 94.4 Å². The van der Waals surface area contributed by atoms with Crippen molar-refractivity contribution in [2.75, 3.05) is 18.0 Å². The highest BCUT2D eigenvalue weighted by Crippen LogP contribution is 2.31. The molecule has 0 saturated carbocycles. The van der Waals surface area contributed by atoms with Crippen LogP contribution in [0.1, 0.15) is 12.8 Å². The quantitative estimate of drug-likeness (QED) is 0.770. The van der Waals surface area contributed by atoms with Gasteiger partial charge in [-0.05, 0) is 31.0 Å². The third kappa shape index (κ3) is 2.36. The van der Waals surface area contributed by atoms with Crippen molar-refractivity contribution in [1.29, 1.82) is 0 Å². The molecular weight excluding hydrogens is 212 g/mol. The highest BCUT2D eigenvalue weighted by molar-refractivity contribution is 6.30. The standard InChI is InChI=1S/C11H15ClN2O/c12-8-3-4-11(15)10(6-8)14-5-1-2-9(13)7-14/h3-4,6,9,15H,1-2,5,7,13H2/t9-/m0/s1. The molecule has 0 spiro atoms. The molecule has 0 radical (unpaired) electrons. The average molecular weight is 227 g/mol. The number of benzene rings is 1. The van der Waals surface area contributed by atoms with Crippen LogP contribution < -0.4 is 10.6 Å². The lowest BCUT2D eigenvalue weighted by atomic mass is 10.1. The Kier molecular flexibility index (Phi) is 3.03. The van der Waals surface area contributed by atoms with Crippen LogP contribution in [0.15, 0.2) is 18.2 Å². The van der Waals surface area contributed by atoms with Crippen LogP contribution in [0.2, 0.25) is 5.02 Å². The lowest BCUT2D eigenvalue weighted by Gasteiger charge is -2.33. The molecule has 1 aromatic carbocycles. The fourth-order valence-corrected chi connectivity index (χ4v) is 2.15. The number of phenolic OH excluding ortho intramolecular Hbond substituents is 1. The van der Waals surface area contributed by atoms with Crippen molar-refractivity contribution in [3.63, 3.8) is 0 Å². The Balaban J connectivity index is 2.24. The van der Waals surface area contributed by atoms with Gasteiger partial charge in [-0.1, -0.05) is 11.6 Å². The summed E-state index contributed by atoms with van der Waals surface area (Å²) in [6.07, 6.45) is 2.12. The maximum absolute atomic E-state index is 9.73. The molecule has 1 heterocycles. The molecule has 1 saturated heterocycles. The van der Waals surface area contributed by atoms with E-state index in [1.165, 1.54) is 0 Å². The Morgan fingerprint density at radius 1 is 1.47 bits per heavy atom. The number of nitrogens with zero attached hydrogens (tertiary/aromatic N) is 1. The van der Waals surface area contributed by atoms with Crippen LogP contribution in [0.4, 0.5) is 5.69 Å². The first-order valence-corrected chi connectivity index (χ1v) is 5.53. The molecule has 1 aliphatic rings. The maximum atomic E-state index is 9.73. The van der Waals surface area contributed by atoms with E-state index in [1.54, 1.807) is 18.2 Å². The van der Waals surface area contributed by atoms with Gasteiger partial charge < -0.3 is 15.7 Å². The normalized spacial score (nSPS) is 21.7. The molecule has 1 atom stereocenters. The van der Waals surface area contributed by atoms with Crippen LogP contribution in [0, 0.1) is 0 Å². The molecule has 0 unspecified atom stereocenters. The number of aromatic hydroxyl groups is 1. The van der Waals surface area contributed by atoms with Crippen molar-refractivity contribution in [2.24, 2.45) is 5.73 Å². The van der Waals surface area contributed by atoms with Crippen molar-refractivity contribution in [3.8, 4) is 5.75 Å². The largest absolute Gasteiger partial charge is 0.506 e. The average Bonchev–Trinajstić information content (AvgIpc) is 2.22. The molecule has 4 heteroatoms. The van der Waals surface area contributed by atoms with E-state index in [2.05, 4.69) is 4.90 Å². The number of rotatable bonds is 1. The topological polar surface area (TPSA) is 49.5 Å². The summed E-state index contributed by atoms with van der Waals surface area (Å²) in [7, 11) is 0. The maximum Gasteiger partial charge on any atom is 0.138 e. The van der Waals surface area contributed by atoms with Crippen molar-refractivity contribution < 1.29 is 5.11 Å². The van der Waals surface area contributed by atoms with Gasteiger partial charge >= 0.3 is 0 Å². The zero-order chi connectivity index (χ0) is 10.8. The van der Waals surface area contributed by atoms with Gasteiger partial charge in [0, 0.05) is 24.2 Å². The minimum atomic E-state index is 0.192. The molecule has 3 N–H and O–H groups in total. The van der Waals surface area contributed by atoms with Crippen LogP contribution in [-0.2, 0) is 0 Å². The molecule has 82 valence electrons. The Morgan fingerprint density at radius 2 is 2.27 bits per heavy atom. The summed E-state index contributed by atoms with van der Waals surface area (Å²) < 4.78 is 0. The SMILES string of the molecule is N[C@H]1CCCN(c2cc(Cl)ccc2O)C1. The van der Waals surface area contributed by atoms with E-state index >= 15 is 0 Å². The number of piperidine rings is 1. The fourth-order valence-electron chi connectivity index (χ4n) is 1.98. The van der Waals surface area contributed by atoms with Crippen LogP contribution >= 0.6 is 11.6 Å². The van der Waals surface area contributed by atoms with Gasteiger partial charge in [-0.2, -0.15) is 0 Å². The number of hydrogen-bond acceptors (Lipinski definition) is 3. The lowest BCUT2D eigenvalue weighted by molar-refractivity contribution is 0.462. The smallest absolute Gasteiger partial charge is 0.138 e. The highest BCUT2D eigenvalue weighted by atomic mass is 35.5. The second-order valence-corrected chi connectivity index (χ2v) is 4.42. The summed E-state index contributed by atoms with van der Waals surface area (Å²) in [6.45, 7) is 1.72. The Bertz CT molecular complexity index is 356. The number of hydrogen-bond donors (Lipinski definition) is 2. The first kappa shape index (κ1) is 10.6.